The summed E-state index contributed by atoms with van der Waals surface area (Å²) in [5.41, 5.74) is 2.60. The third-order valence-corrected chi connectivity index (χ3v) is 4.62. The lowest BCUT2D eigenvalue weighted by Gasteiger charge is -2.36. The molecule has 20 heavy (non-hydrogen) atoms. The fourth-order valence-corrected chi connectivity index (χ4v) is 3.31. The maximum atomic E-state index is 9.42. The van der Waals surface area contributed by atoms with E-state index in [-0.39, 0.29) is 6.10 Å². The zero-order valence-electron chi connectivity index (χ0n) is 12.6. The highest BCUT2D eigenvalue weighted by molar-refractivity contribution is 9.10. The molecule has 1 aliphatic rings. The Labute approximate surface area is 130 Å². The van der Waals surface area contributed by atoms with Crippen molar-refractivity contribution in [2.45, 2.75) is 38.8 Å². The van der Waals surface area contributed by atoms with Crippen molar-refractivity contribution in [3.05, 3.63) is 28.2 Å². The third-order valence-electron chi connectivity index (χ3n) is 4.12. The predicted molar refractivity (Wildman–Crippen MR) is 88.2 cm³/mol. The number of nitrogens with one attached hydrogen (secondary N) is 1. The van der Waals surface area contributed by atoms with Crippen molar-refractivity contribution < 1.29 is 5.11 Å². The predicted octanol–water partition coefficient (Wildman–Crippen LogP) is 3.33. The first-order valence-electron chi connectivity index (χ1n) is 7.43. The minimum absolute atomic E-state index is 0.0731. The smallest absolute Gasteiger partial charge is 0.0546 e. The van der Waals surface area contributed by atoms with Crippen LogP contribution in [0.3, 0.4) is 0 Å². The molecule has 1 aliphatic carbocycles. The van der Waals surface area contributed by atoms with Crippen LogP contribution in [0.5, 0.6) is 0 Å². The van der Waals surface area contributed by atoms with Gasteiger partial charge < -0.3 is 15.3 Å². The highest BCUT2D eigenvalue weighted by Crippen LogP contribution is 2.33. The second-order valence-electron chi connectivity index (χ2n) is 5.85. The van der Waals surface area contributed by atoms with Gasteiger partial charge in [-0.1, -0.05) is 28.9 Å². The Morgan fingerprint density at radius 3 is 2.75 bits per heavy atom. The van der Waals surface area contributed by atoms with Gasteiger partial charge in [-0.3, -0.25) is 0 Å². The highest BCUT2D eigenvalue weighted by atomic mass is 79.9. The number of nitrogens with zero attached hydrogens (tertiary/aromatic N) is 1. The van der Waals surface area contributed by atoms with Crippen LogP contribution >= 0.6 is 15.9 Å². The quantitative estimate of drug-likeness (QED) is 0.833. The van der Waals surface area contributed by atoms with E-state index in [1.165, 1.54) is 11.3 Å². The van der Waals surface area contributed by atoms with Gasteiger partial charge in [0.05, 0.1) is 6.10 Å². The molecule has 2 N–H and O–H groups in total. The molecule has 0 aliphatic heterocycles. The van der Waals surface area contributed by atoms with E-state index < -0.39 is 0 Å². The van der Waals surface area contributed by atoms with Gasteiger partial charge in [-0.2, -0.15) is 0 Å². The van der Waals surface area contributed by atoms with E-state index in [1.807, 2.05) is 0 Å². The van der Waals surface area contributed by atoms with Crippen molar-refractivity contribution in [2.75, 3.05) is 25.0 Å². The molecule has 0 saturated heterocycles. The van der Waals surface area contributed by atoms with Crippen LogP contribution in [0.1, 0.15) is 38.3 Å². The van der Waals surface area contributed by atoms with E-state index in [2.05, 4.69) is 65.2 Å². The van der Waals surface area contributed by atoms with E-state index in [4.69, 9.17) is 0 Å². The fraction of sp³-hybridized carbons (Fsp3) is 0.625. The second-order valence-corrected chi connectivity index (χ2v) is 6.77. The van der Waals surface area contributed by atoms with Crippen molar-refractivity contribution in [1.82, 2.24) is 5.32 Å². The zero-order chi connectivity index (χ0) is 14.7. The van der Waals surface area contributed by atoms with Gasteiger partial charge in [0, 0.05) is 29.8 Å². The van der Waals surface area contributed by atoms with Crippen LogP contribution in [-0.4, -0.2) is 31.3 Å². The minimum Gasteiger partial charge on any atom is -0.393 e. The van der Waals surface area contributed by atoms with E-state index in [1.54, 1.807) is 0 Å². The van der Waals surface area contributed by atoms with Crippen molar-refractivity contribution in [3.8, 4) is 0 Å². The molecule has 2 rings (SSSR count). The summed E-state index contributed by atoms with van der Waals surface area (Å²) in [6, 6.07) is 6.84. The minimum atomic E-state index is -0.0731. The molecular weight excluding hydrogens is 316 g/mol. The van der Waals surface area contributed by atoms with Gasteiger partial charge in [0.2, 0.25) is 0 Å². The summed E-state index contributed by atoms with van der Waals surface area (Å²) in [6.45, 7) is 6.32. The molecule has 1 fully saturated rings. The number of rotatable bonds is 6. The lowest BCUT2D eigenvalue weighted by atomic mass is 9.82. The maximum Gasteiger partial charge on any atom is 0.0546 e. The van der Waals surface area contributed by atoms with E-state index in [9.17, 15) is 5.11 Å². The summed E-state index contributed by atoms with van der Waals surface area (Å²) in [6.07, 6.45) is 1.81. The Morgan fingerprint density at radius 1 is 1.45 bits per heavy atom. The summed E-state index contributed by atoms with van der Waals surface area (Å²) in [5, 5.41) is 12.9. The van der Waals surface area contributed by atoms with Crippen LogP contribution in [0.2, 0.25) is 0 Å². The van der Waals surface area contributed by atoms with Gasteiger partial charge in [0.15, 0.2) is 0 Å². The Kier molecular flexibility index (Phi) is 5.47. The normalized spacial score (nSPS) is 23.2. The average Bonchev–Trinajstić information content (AvgIpc) is 2.37. The maximum absolute atomic E-state index is 9.42. The summed E-state index contributed by atoms with van der Waals surface area (Å²) < 4.78 is 1.11. The molecule has 1 aromatic carbocycles. The lowest BCUT2D eigenvalue weighted by molar-refractivity contribution is 0.0464. The van der Waals surface area contributed by atoms with Crippen LogP contribution in [0.25, 0.3) is 0 Å². The van der Waals surface area contributed by atoms with Crippen LogP contribution in [0, 0.1) is 5.92 Å². The molecule has 1 saturated carbocycles. The van der Waals surface area contributed by atoms with Gasteiger partial charge in [0.25, 0.3) is 0 Å². The Bertz CT molecular complexity index is 446. The van der Waals surface area contributed by atoms with Crippen molar-refractivity contribution in [1.29, 1.82) is 0 Å². The first-order valence-corrected chi connectivity index (χ1v) is 8.22. The average molecular weight is 341 g/mol. The molecule has 0 radical (unpaired) electrons. The van der Waals surface area contributed by atoms with Crippen LogP contribution < -0.4 is 10.2 Å². The van der Waals surface area contributed by atoms with Crippen LogP contribution in [0.15, 0.2) is 22.7 Å². The van der Waals surface area contributed by atoms with E-state index in [0.29, 0.717) is 12.0 Å². The molecule has 112 valence electrons. The van der Waals surface area contributed by atoms with Gasteiger partial charge in [0.1, 0.15) is 0 Å². The second kappa shape index (κ2) is 6.92. The summed E-state index contributed by atoms with van der Waals surface area (Å²) in [7, 11) is 2.15. The largest absolute Gasteiger partial charge is 0.393 e. The molecule has 1 atom stereocenters. The first kappa shape index (κ1) is 15.8. The molecule has 0 aromatic heterocycles. The Balaban J connectivity index is 2.13. The van der Waals surface area contributed by atoms with Crippen molar-refractivity contribution >= 4 is 21.6 Å². The lowest BCUT2D eigenvalue weighted by Crippen LogP contribution is -2.37. The molecule has 3 nitrogen and oxygen atoms in total. The number of aliphatic hydroxyl groups excluding tert-OH is 1. The van der Waals surface area contributed by atoms with Crippen LogP contribution in [0.4, 0.5) is 5.69 Å². The third kappa shape index (κ3) is 3.74. The molecule has 0 heterocycles. The molecular formula is C16H25BrN2O. The van der Waals surface area contributed by atoms with Gasteiger partial charge in [-0.05, 0) is 49.9 Å². The first-order chi connectivity index (χ1) is 9.51. The standard InChI is InChI=1S/C16H25BrN2O/c1-4-18-11(2)15-6-5-13(17)9-16(15)19(3)10-12-7-14(20)8-12/h5-6,9,11-12,14,18,20H,4,7-8,10H2,1-3H3. The fourth-order valence-electron chi connectivity index (χ4n) is 2.96. The highest BCUT2D eigenvalue weighted by Gasteiger charge is 2.28. The van der Waals surface area contributed by atoms with Crippen molar-refractivity contribution in [2.24, 2.45) is 5.92 Å². The monoisotopic (exact) mass is 340 g/mol. The Hall–Kier alpha value is -0.580. The van der Waals surface area contributed by atoms with Gasteiger partial charge >= 0.3 is 0 Å². The van der Waals surface area contributed by atoms with E-state index >= 15 is 0 Å². The van der Waals surface area contributed by atoms with Crippen LogP contribution in [-0.2, 0) is 0 Å². The number of anilines is 1. The number of halogens is 1. The summed E-state index contributed by atoms with van der Waals surface area (Å²) >= 11 is 3.57. The summed E-state index contributed by atoms with van der Waals surface area (Å²) in [5.74, 6) is 0.622. The Morgan fingerprint density at radius 2 is 2.15 bits per heavy atom. The molecule has 1 aromatic rings. The molecule has 0 amide bonds. The molecule has 0 spiro atoms. The number of hydrogen-bond acceptors (Lipinski definition) is 3. The SMILES string of the molecule is CCNC(C)c1ccc(Br)cc1N(C)CC1CC(O)C1. The van der Waals surface area contributed by atoms with Gasteiger partial charge in [-0.15, -0.1) is 0 Å². The van der Waals surface area contributed by atoms with E-state index in [0.717, 1.165) is 30.4 Å². The summed E-state index contributed by atoms with van der Waals surface area (Å²) in [4.78, 5) is 2.32. The number of aliphatic hydroxyl groups is 1. The topological polar surface area (TPSA) is 35.5 Å². The van der Waals surface area contributed by atoms with Gasteiger partial charge in [-0.25, -0.2) is 0 Å². The zero-order valence-corrected chi connectivity index (χ0v) is 14.2. The number of hydrogen-bond donors (Lipinski definition) is 2. The molecule has 1 unspecified atom stereocenters. The molecule has 0 bridgehead atoms. The van der Waals surface area contributed by atoms with Crippen molar-refractivity contribution in [3.63, 3.8) is 0 Å². The molecule has 4 heteroatoms. The number of benzene rings is 1.